The first-order chi connectivity index (χ1) is 11.6. The van der Waals surface area contributed by atoms with Crippen LogP contribution in [-0.2, 0) is 4.74 Å². The number of hydrogen-bond acceptors (Lipinski definition) is 5. The SMILES string of the molecule is CN(C(=O)OC(C)(C)C)C1CCN(c2c(F)cccc2[N+](=O)[O-])CC1. The quantitative estimate of drug-likeness (QED) is 0.613. The van der Waals surface area contributed by atoms with Gasteiger partial charge in [-0.25, -0.2) is 9.18 Å². The molecular formula is C17H24FN3O4. The van der Waals surface area contributed by atoms with Gasteiger partial charge in [0.15, 0.2) is 11.5 Å². The van der Waals surface area contributed by atoms with E-state index in [-0.39, 0.29) is 17.4 Å². The van der Waals surface area contributed by atoms with Gasteiger partial charge in [0.2, 0.25) is 0 Å². The van der Waals surface area contributed by atoms with Crippen LogP contribution in [0, 0.1) is 15.9 Å². The zero-order valence-corrected chi connectivity index (χ0v) is 15.0. The van der Waals surface area contributed by atoms with Crippen LogP contribution in [0.3, 0.4) is 0 Å². The lowest BCUT2D eigenvalue weighted by Crippen LogP contribution is -2.47. The van der Waals surface area contributed by atoms with Gasteiger partial charge in [0.25, 0.3) is 5.69 Å². The maximum atomic E-state index is 14.1. The van der Waals surface area contributed by atoms with Crippen molar-refractivity contribution in [2.45, 2.75) is 45.3 Å². The fourth-order valence-electron chi connectivity index (χ4n) is 2.92. The minimum absolute atomic E-state index is 0.0193. The second-order valence-corrected chi connectivity index (χ2v) is 7.17. The number of halogens is 1. The van der Waals surface area contributed by atoms with E-state index < -0.39 is 22.4 Å². The van der Waals surface area contributed by atoms with E-state index in [0.29, 0.717) is 25.9 Å². The summed E-state index contributed by atoms with van der Waals surface area (Å²) in [5, 5.41) is 11.2. The maximum absolute atomic E-state index is 14.1. The number of rotatable bonds is 3. The van der Waals surface area contributed by atoms with Crippen molar-refractivity contribution in [3.8, 4) is 0 Å². The lowest BCUT2D eigenvalue weighted by atomic mass is 10.0. The molecular weight excluding hydrogens is 329 g/mol. The van der Waals surface area contributed by atoms with Gasteiger partial charge in [0.05, 0.1) is 4.92 Å². The van der Waals surface area contributed by atoms with E-state index in [1.165, 1.54) is 18.2 Å². The van der Waals surface area contributed by atoms with Crippen molar-refractivity contribution in [1.29, 1.82) is 0 Å². The van der Waals surface area contributed by atoms with E-state index >= 15 is 0 Å². The van der Waals surface area contributed by atoms with E-state index in [2.05, 4.69) is 0 Å². The Morgan fingerprint density at radius 3 is 2.48 bits per heavy atom. The maximum Gasteiger partial charge on any atom is 0.410 e. The molecule has 1 heterocycles. The number of anilines is 1. The molecule has 1 aliphatic heterocycles. The molecule has 0 aliphatic carbocycles. The molecule has 1 aromatic carbocycles. The second-order valence-electron chi connectivity index (χ2n) is 7.17. The Labute approximate surface area is 146 Å². The number of hydrogen-bond donors (Lipinski definition) is 0. The van der Waals surface area contributed by atoms with Crippen molar-refractivity contribution in [2.24, 2.45) is 0 Å². The molecule has 0 N–H and O–H groups in total. The summed E-state index contributed by atoms with van der Waals surface area (Å²) in [7, 11) is 1.68. The Morgan fingerprint density at radius 1 is 1.36 bits per heavy atom. The number of nitro benzene ring substituents is 1. The molecule has 138 valence electrons. The van der Waals surface area contributed by atoms with Gasteiger partial charge in [0, 0.05) is 32.2 Å². The lowest BCUT2D eigenvalue weighted by Gasteiger charge is -2.38. The van der Waals surface area contributed by atoms with Crippen LogP contribution in [-0.4, -0.2) is 47.7 Å². The number of benzene rings is 1. The average molecular weight is 353 g/mol. The van der Waals surface area contributed by atoms with Gasteiger partial charge < -0.3 is 14.5 Å². The Hall–Kier alpha value is -2.38. The molecule has 1 aromatic rings. The predicted molar refractivity (Wildman–Crippen MR) is 92.3 cm³/mol. The van der Waals surface area contributed by atoms with Gasteiger partial charge in [-0.05, 0) is 39.7 Å². The summed E-state index contributed by atoms with van der Waals surface area (Å²) >= 11 is 0. The Kier molecular flexibility index (Phi) is 5.49. The van der Waals surface area contributed by atoms with Crippen LogP contribution < -0.4 is 4.90 Å². The first-order valence-electron chi connectivity index (χ1n) is 8.24. The van der Waals surface area contributed by atoms with Gasteiger partial charge in [-0.1, -0.05) is 6.07 Å². The molecule has 1 saturated heterocycles. The van der Waals surface area contributed by atoms with Crippen molar-refractivity contribution in [1.82, 2.24) is 4.90 Å². The molecule has 1 amide bonds. The lowest BCUT2D eigenvalue weighted by molar-refractivity contribution is -0.384. The molecule has 0 unspecified atom stereocenters. The first kappa shape index (κ1) is 19.0. The Balaban J connectivity index is 2.05. The molecule has 0 saturated carbocycles. The molecule has 2 rings (SSSR count). The fraction of sp³-hybridized carbons (Fsp3) is 0.588. The number of nitro groups is 1. The van der Waals surface area contributed by atoms with E-state index in [9.17, 15) is 19.3 Å². The number of para-hydroxylation sites is 1. The van der Waals surface area contributed by atoms with Crippen LogP contribution in [0.2, 0.25) is 0 Å². The highest BCUT2D eigenvalue weighted by Gasteiger charge is 2.31. The van der Waals surface area contributed by atoms with Gasteiger partial charge in [-0.2, -0.15) is 0 Å². The summed E-state index contributed by atoms with van der Waals surface area (Å²) in [6, 6.07) is 3.82. The highest BCUT2D eigenvalue weighted by molar-refractivity contribution is 5.68. The molecule has 1 fully saturated rings. The van der Waals surface area contributed by atoms with Crippen LogP contribution in [0.25, 0.3) is 0 Å². The number of carbonyl (C=O) groups is 1. The minimum Gasteiger partial charge on any atom is -0.444 e. The normalized spacial score (nSPS) is 15.8. The van der Waals surface area contributed by atoms with Crippen molar-refractivity contribution in [3.63, 3.8) is 0 Å². The first-order valence-corrected chi connectivity index (χ1v) is 8.24. The van der Waals surface area contributed by atoms with Gasteiger partial charge in [0.1, 0.15) is 5.60 Å². The van der Waals surface area contributed by atoms with Crippen LogP contribution in [0.15, 0.2) is 18.2 Å². The van der Waals surface area contributed by atoms with Crippen molar-refractivity contribution in [3.05, 3.63) is 34.1 Å². The third-order valence-corrected chi connectivity index (χ3v) is 4.17. The summed E-state index contributed by atoms with van der Waals surface area (Å²) in [5.74, 6) is -0.604. The monoisotopic (exact) mass is 353 g/mol. The van der Waals surface area contributed by atoms with Crippen molar-refractivity contribution in [2.75, 3.05) is 25.0 Å². The van der Waals surface area contributed by atoms with E-state index in [0.717, 1.165) is 0 Å². The fourth-order valence-corrected chi connectivity index (χ4v) is 2.92. The molecule has 0 aromatic heterocycles. The highest BCUT2D eigenvalue weighted by atomic mass is 19.1. The standard InChI is InChI=1S/C17H24FN3O4/c1-17(2,3)25-16(22)19(4)12-8-10-20(11-9-12)15-13(18)6-5-7-14(15)21(23)24/h5-7,12H,8-11H2,1-4H3. The van der Waals surface area contributed by atoms with Gasteiger partial charge in [-0.15, -0.1) is 0 Å². The number of carbonyl (C=O) groups excluding carboxylic acids is 1. The number of piperidine rings is 1. The molecule has 0 atom stereocenters. The van der Waals surface area contributed by atoms with Gasteiger partial charge >= 0.3 is 6.09 Å². The smallest absolute Gasteiger partial charge is 0.410 e. The van der Waals surface area contributed by atoms with Crippen molar-refractivity contribution < 1.29 is 18.8 Å². The van der Waals surface area contributed by atoms with Gasteiger partial charge in [-0.3, -0.25) is 10.1 Å². The van der Waals surface area contributed by atoms with Crippen LogP contribution in [0.5, 0.6) is 0 Å². The third kappa shape index (κ3) is 4.58. The average Bonchev–Trinajstić information content (AvgIpc) is 2.52. The molecule has 1 aliphatic rings. The molecule has 25 heavy (non-hydrogen) atoms. The van der Waals surface area contributed by atoms with E-state index in [1.54, 1.807) is 37.6 Å². The van der Waals surface area contributed by atoms with E-state index in [1.807, 2.05) is 0 Å². The molecule has 0 radical (unpaired) electrons. The zero-order valence-electron chi connectivity index (χ0n) is 15.0. The van der Waals surface area contributed by atoms with Crippen LogP contribution >= 0.6 is 0 Å². The number of nitrogens with zero attached hydrogens (tertiary/aromatic N) is 3. The van der Waals surface area contributed by atoms with Crippen LogP contribution in [0.1, 0.15) is 33.6 Å². The Bertz CT molecular complexity index is 652. The van der Waals surface area contributed by atoms with E-state index in [4.69, 9.17) is 4.74 Å². The minimum atomic E-state index is -0.604. The largest absolute Gasteiger partial charge is 0.444 e. The summed E-state index contributed by atoms with van der Waals surface area (Å²) in [4.78, 5) is 26.0. The Morgan fingerprint density at radius 2 is 1.96 bits per heavy atom. The topological polar surface area (TPSA) is 75.9 Å². The van der Waals surface area contributed by atoms with Crippen LogP contribution in [0.4, 0.5) is 20.6 Å². The molecule has 8 heteroatoms. The molecule has 0 bridgehead atoms. The predicted octanol–water partition coefficient (Wildman–Crippen LogP) is 3.57. The zero-order chi connectivity index (χ0) is 18.8. The molecule has 0 spiro atoms. The number of amides is 1. The second kappa shape index (κ2) is 7.25. The molecule has 7 nitrogen and oxygen atoms in total. The third-order valence-electron chi connectivity index (χ3n) is 4.17. The van der Waals surface area contributed by atoms with Crippen molar-refractivity contribution >= 4 is 17.5 Å². The summed E-state index contributed by atoms with van der Waals surface area (Å²) < 4.78 is 19.5. The summed E-state index contributed by atoms with van der Waals surface area (Å²) in [5.41, 5.74) is -0.787. The number of ether oxygens (including phenoxy) is 1. The summed E-state index contributed by atoms with van der Waals surface area (Å²) in [6.45, 7) is 6.27. The summed E-state index contributed by atoms with van der Waals surface area (Å²) in [6.07, 6.45) is 0.769. The highest BCUT2D eigenvalue weighted by Crippen LogP contribution is 2.33.